The predicted molar refractivity (Wildman–Crippen MR) is 95.9 cm³/mol. The minimum atomic E-state index is -1.12. The second-order valence-corrected chi connectivity index (χ2v) is 6.53. The smallest absolute Gasteiger partial charge is 0.181 e. The summed E-state index contributed by atoms with van der Waals surface area (Å²) in [5.74, 6) is 0.723. The van der Waals surface area contributed by atoms with E-state index in [4.69, 9.17) is 4.42 Å². The molecule has 0 radical (unpaired) electrons. The first-order valence-corrected chi connectivity index (χ1v) is 8.23. The van der Waals surface area contributed by atoms with Crippen LogP contribution in [0.2, 0.25) is 0 Å². The Kier molecular flexibility index (Phi) is 3.66. The van der Waals surface area contributed by atoms with Crippen molar-refractivity contribution in [2.75, 3.05) is 0 Å². The van der Waals surface area contributed by atoms with Crippen molar-refractivity contribution in [1.82, 2.24) is 15.0 Å². The van der Waals surface area contributed by atoms with Gasteiger partial charge in [-0.2, -0.15) is 0 Å². The van der Waals surface area contributed by atoms with Gasteiger partial charge in [-0.1, -0.05) is 38.1 Å². The maximum absolute atomic E-state index is 11.4. The molecule has 0 aliphatic heterocycles. The zero-order valence-electron chi connectivity index (χ0n) is 14.1. The van der Waals surface area contributed by atoms with Crippen molar-refractivity contribution in [2.45, 2.75) is 19.4 Å². The number of nitrogens with zero attached hydrogens (tertiary/aromatic N) is 2. The van der Waals surface area contributed by atoms with E-state index in [-0.39, 0.29) is 5.92 Å². The molecule has 5 nitrogen and oxygen atoms in total. The fourth-order valence-electron chi connectivity index (χ4n) is 3.26. The lowest BCUT2D eigenvalue weighted by Gasteiger charge is -2.32. The number of aliphatic hydroxyl groups is 1. The Morgan fingerprint density at radius 3 is 2.52 bits per heavy atom. The lowest BCUT2D eigenvalue weighted by molar-refractivity contribution is 0.0281. The van der Waals surface area contributed by atoms with Crippen molar-refractivity contribution >= 4 is 10.8 Å². The van der Waals surface area contributed by atoms with E-state index in [0.717, 1.165) is 27.7 Å². The highest BCUT2D eigenvalue weighted by Crippen LogP contribution is 2.37. The third-order valence-corrected chi connectivity index (χ3v) is 4.74. The van der Waals surface area contributed by atoms with Gasteiger partial charge in [-0.15, -0.1) is 0 Å². The molecule has 0 amide bonds. The second kappa shape index (κ2) is 5.86. The Bertz CT molecular complexity index is 991. The summed E-state index contributed by atoms with van der Waals surface area (Å²) in [5, 5.41) is 13.5. The molecule has 0 aliphatic rings. The molecule has 25 heavy (non-hydrogen) atoms. The Balaban J connectivity index is 1.82. The zero-order valence-corrected chi connectivity index (χ0v) is 14.1. The molecule has 2 aromatic heterocycles. The van der Waals surface area contributed by atoms with Gasteiger partial charge in [-0.05, 0) is 34.4 Å². The maximum Gasteiger partial charge on any atom is 0.181 e. The zero-order chi connectivity index (χ0) is 17.4. The van der Waals surface area contributed by atoms with Gasteiger partial charge in [0.2, 0.25) is 0 Å². The van der Waals surface area contributed by atoms with Gasteiger partial charge < -0.3 is 14.5 Å². The van der Waals surface area contributed by atoms with Crippen molar-refractivity contribution in [1.29, 1.82) is 0 Å². The molecule has 1 atom stereocenters. The Labute approximate surface area is 145 Å². The summed E-state index contributed by atoms with van der Waals surface area (Å²) in [5.41, 5.74) is 1.39. The van der Waals surface area contributed by atoms with E-state index in [1.165, 1.54) is 6.39 Å². The number of H-pyrrole nitrogens is 1. The first kappa shape index (κ1) is 15.6. The van der Waals surface area contributed by atoms with Crippen molar-refractivity contribution in [3.05, 3.63) is 72.8 Å². The molecule has 5 heteroatoms. The molecule has 4 rings (SSSR count). The van der Waals surface area contributed by atoms with E-state index in [1.54, 1.807) is 18.7 Å². The van der Waals surface area contributed by atoms with Crippen LogP contribution in [0.25, 0.3) is 22.1 Å². The molecule has 2 heterocycles. The molecule has 0 fully saturated rings. The van der Waals surface area contributed by atoms with E-state index >= 15 is 0 Å². The van der Waals surface area contributed by atoms with E-state index in [1.807, 2.05) is 44.2 Å². The fourth-order valence-corrected chi connectivity index (χ4v) is 3.26. The van der Waals surface area contributed by atoms with Crippen LogP contribution in [-0.4, -0.2) is 20.1 Å². The standard InChI is InChI=1S/C20H19N3O2/c1-13(2)20(24,19-10-21-11-23-19)17-6-5-14-7-16(4-3-15(14)8-17)18-9-22-12-25-18/h3-13,24H,1-2H3,(H,21,23). The van der Waals surface area contributed by atoms with Crippen molar-refractivity contribution in [2.24, 2.45) is 5.92 Å². The van der Waals surface area contributed by atoms with Crippen LogP contribution in [0.4, 0.5) is 0 Å². The van der Waals surface area contributed by atoms with Crippen molar-refractivity contribution in [3.8, 4) is 11.3 Å². The van der Waals surface area contributed by atoms with Gasteiger partial charge in [-0.3, -0.25) is 0 Å². The van der Waals surface area contributed by atoms with E-state index in [0.29, 0.717) is 5.69 Å². The van der Waals surface area contributed by atoms with Crippen LogP contribution in [0.1, 0.15) is 25.1 Å². The number of hydrogen-bond donors (Lipinski definition) is 2. The molecule has 1 unspecified atom stereocenters. The van der Waals surface area contributed by atoms with Crippen LogP contribution in [-0.2, 0) is 5.60 Å². The van der Waals surface area contributed by atoms with Gasteiger partial charge >= 0.3 is 0 Å². The number of rotatable bonds is 4. The van der Waals surface area contributed by atoms with Gasteiger partial charge in [0, 0.05) is 5.56 Å². The molecule has 126 valence electrons. The summed E-state index contributed by atoms with van der Waals surface area (Å²) in [7, 11) is 0. The van der Waals surface area contributed by atoms with Crippen LogP contribution in [0.3, 0.4) is 0 Å². The number of oxazole rings is 1. The van der Waals surface area contributed by atoms with Gasteiger partial charge in [-0.25, -0.2) is 9.97 Å². The Morgan fingerprint density at radius 2 is 1.84 bits per heavy atom. The minimum absolute atomic E-state index is 0.0149. The quantitative estimate of drug-likeness (QED) is 0.589. The number of aromatic nitrogens is 3. The fraction of sp³-hybridized carbons (Fsp3) is 0.200. The maximum atomic E-state index is 11.4. The topological polar surface area (TPSA) is 74.9 Å². The third-order valence-electron chi connectivity index (χ3n) is 4.74. The summed E-state index contributed by atoms with van der Waals surface area (Å²) < 4.78 is 5.36. The summed E-state index contributed by atoms with van der Waals surface area (Å²) in [6.45, 7) is 4.00. The van der Waals surface area contributed by atoms with Gasteiger partial charge in [0.25, 0.3) is 0 Å². The monoisotopic (exact) mass is 333 g/mol. The summed E-state index contributed by atoms with van der Waals surface area (Å²) in [6.07, 6.45) is 6.39. The molecule has 2 aromatic carbocycles. The number of imidazole rings is 1. The lowest BCUT2D eigenvalue weighted by Crippen LogP contribution is -2.33. The first-order chi connectivity index (χ1) is 12.1. The molecule has 0 bridgehead atoms. The molecule has 0 spiro atoms. The highest BCUT2D eigenvalue weighted by atomic mass is 16.3. The number of nitrogens with one attached hydrogen (secondary N) is 1. The van der Waals surface area contributed by atoms with Crippen molar-refractivity contribution < 1.29 is 9.52 Å². The van der Waals surface area contributed by atoms with Crippen LogP contribution in [0.5, 0.6) is 0 Å². The van der Waals surface area contributed by atoms with Gasteiger partial charge in [0.05, 0.1) is 24.4 Å². The molecular weight excluding hydrogens is 314 g/mol. The summed E-state index contributed by atoms with van der Waals surface area (Å²) in [4.78, 5) is 11.1. The highest BCUT2D eigenvalue weighted by Gasteiger charge is 2.36. The second-order valence-electron chi connectivity index (χ2n) is 6.53. The number of benzene rings is 2. The molecule has 0 saturated heterocycles. The van der Waals surface area contributed by atoms with Gasteiger partial charge in [0.1, 0.15) is 5.60 Å². The number of fused-ring (bicyclic) bond motifs is 1. The van der Waals surface area contributed by atoms with Crippen molar-refractivity contribution in [3.63, 3.8) is 0 Å². The molecular formula is C20H19N3O2. The highest BCUT2D eigenvalue weighted by molar-refractivity contribution is 5.87. The normalized spacial score (nSPS) is 14.1. The first-order valence-electron chi connectivity index (χ1n) is 8.23. The molecule has 0 aliphatic carbocycles. The van der Waals surface area contributed by atoms with Gasteiger partial charge in [0.15, 0.2) is 12.2 Å². The van der Waals surface area contributed by atoms with E-state index in [9.17, 15) is 5.11 Å². The average Bonchev–Trinajstić information content (AvgIpc) is 3.33. The average molecular weight is 333 g/mol. The van der Waals surface area contributed by atoms with E-state index in [2.05, 4.69) is 21.0 Å². The van der Waals surface area contributed by atoms with Crippen LogP contribution in [0.15, 0.2) is 65.9 Å². The molecule has 4 aromatic rings. The van der Waals surface area contributed by atoms with Crippen LogP contribution in [0, 0.1) is 5.92 Å². The number of aromatic amines is 1. The summed E-state index contributed by atoms with van der Waals surface area (Å²) in [6, 6.07) is 12.1. The third kappa shape index (κ3) is 2.53. The SMILES string of the molecule is CC(C)C(O)(c1ccc2cc(-c3cnco3)ccc2c1)c1cnc[nH]1. The Hall–Kier alpha value is -2.92. The predicted octanol–water partition coefficient (Wildman–Crippen LogP) is 4.11. The van der Waals surface area contributed by atoms with Crippen LogP contribution < -0.4 is 0 Å². The van der Waals surface area contributed by atoms with Crippen LogP contribution >= 0.6 is 0 Å². The molecule has 2 N–H and O–H groups in total. The molecule has 0 saturated carbocycles. The number of hydrogen-bond acceptors (Lipinski definition) is 4. The van der Waals surface area contributed by atoms with E-state index < -0.39 is 5.60 Å². The minimum Gasteiger partial charge on any atom is -0.444 e. The summed E-state index contributed by atoms with van der Waals surface area (Å²) >= 11 is 0. The largest absolute Gasteiger partial charge is 0.444 e. The lowest BCUT2D eigenvalue weighted by atomic mass is 9.80. The Morgan fingerprint density at radius 1 is 1.04 bits per heavy atom.